The van der Waals surface area contributed by atoms with Crippen LogP contribution in [0.5, 0.6) is 5.88 Å². The van der Waals surface area contributed by atoms with Crippen molar-refractivity contribution in [2.75, 3.05) is 18.0 Å². The predicted molar refractivity (Wildman–Crippen MR) is 95.2 cm³/mol. The number of carbonyl (C=O) groups excluding carboxylic acids is 2. The van der Waals surface area contributed by atoms with Crippen LogP contribution in [0, 0.1) is 0 Å². The Bertz CT molecular complexity index is 914. The topological polar surface area (TPSA) is 97.4 Å². The number of ether oxygens (including phenoxy) is 2. The Kier molecular flexibility index (Phi) is 6.18. The molecule has 1 fully saturated rings. The summed E-state index contributed by atoms with van der Waals surface area (Å²) in [7, 11) is 0. The van der Waals surface area contributed by atoms with E-state index < -0.39 is 23.8 Å². The van der Waals surface area contributed by atoms with E-state index in [-0.39, 0.29) is 12.0 Å². The minimum Gasteiger partial charge on any atom is -0.471 e. The molecule has 1 aromatic carbocycles. The second-order valence-electron chi connectivity index (χ2n) is 6.07. The summed E-state index contributed by atoms with van der Waals surface area (Å²) in [5.41, 5.74) is 0.192. The minimum atomic E-state index is -5.31. The first kappa shape index (κ1) is 21.2. The summed E-state index contributed by atoms with van der Waals surface area (Å²) in [5, 5.41) is 10.0. The molecular formula is C16H13Cl2F3N4O4. The van der Waals surface area contributed by atoms with Crippen LogP contribution in [-0.2, 0) is 9.53 Å². The highest BCUT2D eigenvalue weighted by Gasteiger charge is 2.43. The van der Waals surface area contributed by atoms with Crippen LogP contribution in [0.15, 0.2) is 18.2 Å². The average molecular weight is 453 g/mol. The number of esters is 2. The van der Waals surface area contributed by atoms with E-state index in [4.69, 9.17) is 27.9 Å². The molecule has 0 aliphatic carbocycles. The summed E-state index contributed by atoms with van der Waals surface area (Å²) in [6.07, 6.45) is -4.69. The van der Waals surface area contributed by atoms with E-state index in [1.54, 1.807) is 18.2 Å². The second-order valence-corrected chi connectivity index (χ2v) is 6.91. The summed E-state index contributed by atoms with van der Waals surface area (Å²) < 4.78 is 46.0. The molecule has 13 heteroatoms. The Morgan fingerprint density at radius 3 is 2.55 bits per heavy atom. The molecule has 2 heterocycles. The Labute approximate surface area is 171 Å². The van der Waals surface area contributed by atoms with Crippen molar-refractivity contribution < 1.29 is 32.2 Å². The monoisotopic (exact) mass is 452 g/mol. The third-order valence-electron chi connectivity index (χ3n) is 4.11. The zero-order chi connectivity index (χ0) is 21.2. The van der Waals surface area contributed by atoms with Gasteiger partial charge in [-0.15, -0.1) is 0 Å². The van der Waals surface area contributed by atoms with Gasteiger partial charge in [-0.3, -0.25) is 0 Å². The van der Waals surface area contributed by atoms with Crippen molar-refractivity contribution in [3.63, 3.8) is 0 Å². The van der Waals surface area contributed by atoms with E-state index in [1.165, 1.54) is 0 Å². The predicted octanol–water partition coefficient (Wildman–Crippen LogP) is 3.41. The highest BCUT2D eigenvalue weighted by molar-refractivity contribution is 6.35. The molecule has 0 radical (unpaired) electrons. The molecule has 8 nitrogen and oxygen atoms in total. The normalized spacial score (nSPS) is 15.3. The highest BCUT2D eigenvalue weighted by Crippen LogP contribution is 2.31. The number of rotatable bonds is 4. The fourth-order valence-electron chi connectivity index (χ4n) is 2.73. The number of H-pyrrole nitrogens is 1. The summed E-state index contributed by atoms with van der Waals surface area (Å²) in [5.74, 6) is -4.57. The van der Waals surface area contributed by atoms with Crippen LogP contribution in [0.3, 0.4) is 0 Å². The van der Waals surface area contributed by atoms with E-state index in [9.17, 15) is 22.8 Å². The molecule has 1 aliphatic rings. The standard InChI is InChI=1S/C16H13Cl2F3N4O4/c17-8-1-2-10(18)11(7-8)25-5-3-9(4-6-25)28-13-12(22-24-23-13)14(26)29-15(27)16(19,20)21/h1-2,7,9H,3-6H2,(H,22,23,24). The lowest BCUT2D eigenvalue weighted by Crippen LogP contribution is -2.38. The molecule has 0 unspecified atom stereocenters. The summed E-state index contributed by atoms with van der Waals surface area (Å²) in [4.78, 5) is 24.6. The van der Waals surface area contributed by atoms with Gasteiger partial charge in [-0.25, -0.2) is 14.7 Å². The number of nitrogens with one attached hydrogen (secondary N) is 1. The third kappa shape index (κ3) is 5.10. The van der Waals surface area contributed by atoms with Crippen molar-refractivity contribution in [3.8, 4) is 5.88 Å². The zero-order valence-corrected chi connectivity index (χ0v) is 16.0. The van der Waals surface area contributed by atoms with Gasteiger partial charge in [0.05, 0.1) is 10.7 Å². The quantitative estimate of drug-likeness (QED) is 0.560. The fourth-order valence-corrected chi connectivity index (χ4v) is 3.13. The molecule has 0 atom stereocenters. The number of benzene rings is 1. The van der Waals surface area contributed by atoms with Crippen LogP contribution >= 0.6 is 23.2 Å². The molecule has 1 N–H and O–H groups in total. The molecule has 2 aromatic rings. The van der Waals surface area contributed by atoms with Gasteiger partial charge in [-0.2, -0.15) is 13.2 Å². The Hall–Kier alpha value is -2.53. The number of hydrogen-bond acceptors (Lipinski definition) is 7. The molecule has 3 rings (SSSR count). The SMILES string of the molecule is O=C(OC(=O)C(F)(F)F)c1[nH]nnc1OC1CCN(c2cc(Cl)ccc2Cl)CC1. The van der Waals surface area contributed by atoms with E-state index in [1.807, 2.05) is 4.90 Å². The van der Waals surface area contributed by atoms with Gasteiger partial charge in [0.15, 0.2) is 0 Å². The van der Waals surface area contributed by atoms with E-state index >= 15 is 0 Å². The molecule has 156 valence electrons. The second kappa shape index (κ2) is 8.46. The largest absolute Gasteiger partial charge is 0.491 e. The van der Waals surface area contributed by atoms with E-state index in [0.29, 0.717) is 36.0 Å². The van der Waals surface area contributed by atoms with Crippen LogP contribution in [0.4, 0.5) is 18.9 Å². The maximum atomic E-state index is 12.2. The van der Waals surface area contributed by atoms with Gasteiger partial charge in [-0.1, -0.05) is 33.5 Å². The molecule has 0 amide bonds. The van der Waals surface area contributed by atoms with Crippen LogP contribution < -0.4 is 9.64 Å². The summed E-state index contributed by atoms with van der Waals surface area (Å²) in [6, 6.07) is 5.11. The molecule has 0 saturated carbocycles. The molecular weight excluding hydrogens is 440 g/mol. The number of aromatic amines is 1. The van der Waals surface area contributed by atoms with Gasteiger partial charge < -0.3 is 14.4 Å². The number of alkyl halides is 3. The van der Waals surface area contributed by atoms with Gasteiger partial charge in [0.25, 0.3) is 5.88 Å². The number of nitrogens with zero attached hydrogens (tertiary/aromatic N) is 3. The third-order valence-corrected chi connectivity index (χ3v) is 4.66. The summed E-state index contributed by atoms with van der Waals surface area (Å²) in [6.45, 7) is 1.10. The maximum Gasteiger partial charge on any atom is 0.491 e. The van der Waals surface area contributed by atoms with E-state index in [2.05, 4.69) is 20.1 Å². The average Bonchev–Trinajstić information content (AvgIpc) is 3.12. The lowest BCUT2D eigenvalue weighted by Gasteiger charge is -2.33. The van der Waals surface area contributed by atoms with Crippen LogP contribution in [0.25, 0.3) is 0 Å². The van der Waals surface area contributed by atoms with Gasteiger partial charge in [0, 0.05) is 31.0 Å². The fraction of sp³-hybridized carbons (Fsp3) is 0.375. The van der Waals surface area contributed by atoms with Gasteiger partial charge in [-0.05, 0) is 18.2 Å². The molecule has 1 aromatic heterocycles. The Morgan fingerprint density at radius 2 is 1.90 bits per heavy atom. The molecule has 0 spiro atoms. The number of aromatic nitrogens is 3. The van der Waals surface area contributed by atoms with Crippen molar-refractivity contribution >= 4 is 40.8 Å². The van der Waals surface area contributed by atoms with Crippen molar-refractivity contribution in [2.24, 2.45) is 0 Å². The first-order valence-corrected chi connectivity index (χ1v) is 9.01. The molecule has 0 bridgehead atoms. The lowest BCUT2D eigenvalue weighted by molar-refractivity contribution is -0.193. The lowest BCUT2D eigenvalue weighted by atomic mass is 10.1. The maximum absolute atomic E-state index is 12.2. The summed E-state index contributed by atoms with van der Waals surface area (Å²) >= 11 is 12.2. The minimum absolute atomic E-state index is 0.343. The van der Waals surface area contributed by atoms with Crippen LogP contribution in [-0.4, -0.2) is 52.7 Å². The Morgan fingerprint density at radius 1 is 1.21 bits per heavy atom. The van der Waals surface area contributed by atoms with Crippen LogP contribution in [0.1, 0.15) is 23.3 Å². The molecule has 1 aliphatic heterocycles. The number of halogens is 5. The van der Waals surface area contributed by atoms with Gasteiger partial charge >= 0.3 is 18.1 Å². The van der Waals surface area contributed by atoms with Crippen molar-refractivity contribution in [3.05, 3.63) is 33.9 Å². The number of hydrogen-bond donors (Lipinski definition) is 1. The number of anilines is 1. The highest BCUT2D eigenvalue weighted by atomic mass is 35.5. The van der Waals surface area contributed by atoms with Crippen molar-refractivity contribution in [1.29, 1.82) is 0 Å². The molecule has 1 saturated heterocycles. The number of piperidine rings is 1. The first-order valence-electron chi connectivity index (χ1n) is 8.26. The molecule has 29 heavy (non-hydrogen) atoms. The van der Waals surface area contributed by atoms with Gasteiger partial charge in [0.1, 0.15) is 6.10 Å². The zero-order valence-electron chi connectivity index (χ0n) is 14.5. The van der Waals surface area contributed by atoms with Gasteiger partial charge in [0.2, 0.25) is 5.69 Å². The van der Waals surface area contributed by atoms with Crippen LogP contribution in [0.2, 0.25) is 10.0 Å². The number of carbonyl (C=O) groups is 2. The smallest absolute Gasteiger partial charge is 0.471 e. The first-order chi connectivity index (χ1) is 13.6. The van der Waals surface area contributed by atoms with Crippen molar-refractivity contribution in [2.45, 2.75) is 25.1 Å². The van der Waals surface area contributed by atoms with Crippen molar-refractivity contribution in [1.82, 2.24) is 15.4 Å². The Balaban J connectivity index is 1.60. The van der Waals surface area contributed by atoms with E-state index in [0.717, 1.165) is 5.69 Å².